The third-order valence-electron chi connectivity index (χ3n) is 5.46. The molecule has 1 unspecified atom stereocenters. The second-order valence-corrected chi connectivity index (χ2v) is 7.83. The van der Waals surface area contributed by atoms with Crippen LogP contribution in [0, 0.1) is 13.8 Å². The molecule has 0 spiro atoms. The minimum atomic E-state index is -0.487. The predicted molar refractivity (Wildman–Crippen MR) is 127 cm³/mol. The van der Waals surface area contributed by atoms with E-state index >= 15 is 0 Å². The van der Waals surface area contributed by atoms with E-state index in [2.05, 4.69) is 10.3 Å². The molecule has 1 heterocycles. The molecule has 2 amide bonds. The van der Waals surface area contributed by atoms with Crippen LogP contribution in [-0.2, 0) is 0 Å². The zero-order chi connectivity index (χ0) is 23.3. The number of fused-ring (bicyclic) bond motifs is 1. The van der Waals surface area contributed by atoms with Gasteiger partial charge in [0.2, 0.25) is 0 Å². The number of aromatic amines is 1. The van der Waals surface area contributed by atoms with Gasteiger partial charge in [-0.2, -0.15) is 0 Å². The number of nitrogens with one attached hydrogen (secondary N) is 2. The van der Waals surface area contributed by atoms with Crippen molar-refractivity contribution in [2.24, 2.45) is 0 Å². The summed E-state index contributed by atoms with van der Waals surface area (Å²) in [7, 11) is 0. The molecule has 3 rings (SSSR count). The molecule has 1 atom stereocenters. The number of ether oxygens (including phenoxy) is 1. The summed E-state index contributed by atoms with van der Waals surface area (Å²) >= 11 is 0. The van der Waals surface area contributed by atoms with Crippen molar-refractivity contribution in [3.63, 3.8) is 0 Å². The number of anilines is 1. The lowest BCUT2D eigenvalue weighted by atomic mass is 10.00. The standard InChI is InChI=1S/C25H31N3O4/c1-5-22(21-15-18-14-16(3)13-17(4)23(18)27-24(21)30)28(11-12-29)25(31)26-19-7-9-20(10-8-19)32-6-2/h7-10,13-15,22,29H,5-6,11-12H2,1-4H3,(H,26,31)(H,27,30). The van der Waals surface area contributed by atoms with Crippen LogP contribution in [0.25, 0.3) is 10.9 Å². The van der Waals surface area contributed by atoms with Crippen molar-refractivity contribution < 1.29 is 14.6 Å². The maximum atomic E-state index is 13.1. The summed E-state index contributed by atoms with van der Waals surface area (Å²) in [6, 6.07) is 12.1. The van der Waals surface area contributed by atoms with Crippen molar-refractivity contribution >= 4 is 22.6 Å². The fraction of sp³-hybridized carbons (Fsp3) is 0.360. The van der Waals surface area contributed by atoms with Crippen LogP contribution in [0.4, 0.5) is 10.5 Å². The summed E-state index contributed by atoms with van der Waals surface area (Å²) in [6.07, 6.45) is 0.524. The van der Waals surface area contributed by atoms with Gasteiger partial charge in [0, 0.05) is 17.8 Å². The Hall–Kier alpha value is -3.32. The molecule has 2 aromatic carbocycles. The van der Waals surface area contributed by atoms with E-state index in [0.717, 1.165) is 27.8 Å². The number of carbonyl (C=O) groups excluding carboxylic acids is 1. The fourth-order valence-corrected chi connectivity index (χ4v) is 4.06. The van der Waals surface area contributed by atoms with Gasteiger partial charge in [0.25, 0.3) is 5.56 Å². The first kappa shape index (κ1) is 23.3. The molecule has 0 aliphatic heterocycles. The van der Waals surface area contributed by atoms with Gasteiger partial charge in [-0.1, -0.05) is 18.6 Å². The Bertz CT molecular complexity index is 1140. The van der Waals surface area contributed by atoms with Crippen LogP contribution in [0.5, 0.6) is 5.75 Å². The Morgan fingerprint density at radius 3 is 2.50 bits per heavy atom. The lowest BCUT2D eigenvalue weighted by Crippen LogP contribution is -2.41. The van der Waals surface area contributed by atoms with E-state index in [0.29, 0.717) is 24.3 Å². The predicted octanol–water partition coefficient (Wildman–Crippen LogP) is 4.52. The van der Waals surface area contributed by atoms with E-state index in [9.17, 15) is 14.7 Å². The zero-order valence-corrected chi connectivity index (χ0v) is 19.1. The summed E-state index contributed by atoms with van der Waals surface area (Å²) in [5.41, 5.74) is 3.77. The normalized spacial score (nSPS) is 11.9. The monoisotopic (exact) mass is 437 g/mol. The SMILES string of the molecule is CCOc1ccc(NC(=O)N(CCO)C(CC)c2cc3cc(C)cc(C)c3[nH]c2=O)cc1. The zero-order valence-electron chi connectivity index (χ0n) is 19.1. The highest BCUT2D eigenvalue weighted by atomic mass is 16.5. The number of carbonyl (C=O) groups is 1. The molecule has 1 aromatic heterocycles. The third kappa shape index (κ3) is 5.11. The molecular weight excluding hydrogens is 406 g/mol. The Morgan fingerprint density at radius 1 is 1.16 bits per heavy atom. The number of nitrogens with zero attached hydrogens (tertiary/aromatic N) is 1. The highest BCUT2D eigenvalue weighted by Crippen LogP contribution is 2.26. The van der Waals surface area contributed by atoms with Gasteiger partial charge in [0.05, 0.1) is 24.8 Å². The average Bonchev–Trinajstić information content (AvgIpc) is 2.76. The van der Waals surface area contributed by atoms with E-state index in [-0.39, 0.29) is 24.7 Å². The van der Waals surface area contributed by atoms with Crippen molar-refractivity contribution in [1.29, 1.82) is 0 Å². The molecule has 170 valence electrons. The van der Waals surface area contributed by atoms with Crippen molar-refractivity contribution in [2.75, 3.05) is 25.1 Å². The van der Waals surface area contributed by atoms with Gasteiger partial charge in [-0.05, 0) is 74.5 Å². The molecule has 0 saturated heterocycles. The number of hydrogen-bond acceptors (Lipinski definition) is 4. The highest BCUT2D eigenvalue weighted by molar-refractivity contribution is 5.90. The van der Waals surface area contributed by atoms with E-state index in [1.165, 1.54) is 4.90 Å². The number of aliphatic hydroxyl groups is 1. The molecule has 32 heavy (non-hydrogen) atoms. The van der Waals surface area contributed by atoms with Gasteiger partial charge in [-0.15, -0.1) is 0 Å². The molecular formula is C25H31N3O4. The van der Waals surface area contributed by atoms with Crippen molar-refractivity contribution in [3.8, 4) is 5.75 Å². The Morgan fingerprint density at radius 2 is 1.88 bits per heavy atom. The van der Waals surface area contributed by atoms with E-state index in [4.69, 9.17) is 4.74 Å². The summed E-state index contributed by atoms with van der Waals surface area (Å²) in [4.78, 5) is 30.6. The summed E-state index contributed by atoms with van der Waals surface area (Å²) in [5, 5.41) is 13.4. The van der Waals surface area contributed by atoms with Crippen LogP contribution in [0.2, 0.25) is 0 Å². The largest absolute Gasteiger partial charge is 0.494 e. The first-order valence-electron chi connectivity index (χ1n) is 10.9. The van der Waals surface area contributed by atoms with Gasteiger partial charge in [0.1, 0.15) is 5.75 Å². The van der Waals surface area contributed by atoms with Gasteiger partial charge < -0.3 is 25.0 Å². The molecule has 7 heteroatoms. The topological polar surface area (TPSA) is 94.7 Å². The van der Waals surface area contributed by atoms with Crippen molar-refractivity contribution in [1.82, 2.24) is 9.88 Å². The summed E-state index contributed by atoms with van der Waals surface area (Å²) in [5.74, 6) is 0.720. The molecule has 0 radical (unpaired) electrons. The van der Waals surface area contributed by atoms with Crippen LogP contribution >= 0.6 is 0 Å². The molecule has 0 aliphatic carbocycles. The number of pyridine rings is 1. The minimum Gasteiger partial charge on any atom is -0.494 e. The van der Waals surface area contributed by atoms with E-state index in [1.807, 2.05) is 45.9 Å². The summed E-state index contributed by atoms with van der Waals surface area (Å²) in [6.45, 7) is 8.26. The number of hydrogen-bond donors (Lipinski definition) is 3. The molecule has 7 nitrogen and oxygen atoms in total. The number of aliphatic hydroxyl groups excluding tert-OH is 1. The van der Waals surface area contributed by atoms with Crippen molar-refractivity contribution in [2.45, 2.75) is 40.2 Å². The quantitative estimate of drug-likeness (QED) is 0.483. The number of aromatic nitrogens is 1. The molecule has 3 aromatic rings. The van der Waals surface area contributed by atoms with Crippen LogP contribution < -0.4 is 15.6 Å². The molecule has 0 bridgehead atoms. The summed E-state index contributed by atoms with van der Waals surface area (Å²) < 4.78 is 5.44. The Kier molecular flexibility index (Phi) is 7.53. The number of rotatable bonds is 8. The van der Waals surface area contributed by atoms with E-state index < -0.39 is 6.04 Å². The molecule has 0 saturated carbocycles. The van der Waals surface area contributed by atoms with Crippen LogP contribution in [0.1, 0.15) is 43.0 Å². The minimum absolute atomic E-state index is 0.103. The maximum Gasteiger partial charge on any atom is 0.322 e. The number of benzene rings is 2. The van der Waals surface area contributed by atoms with Gasteiger partial charge >= 0.3 is 6.03 Å². The number of amides is 2. The second kappa shape index (κ2) is 10.3. The highest BCUT2D eigenvalue weighted by Gasteiger charge is 2.26. The lowest BCUT2D eigenvalue weighted by Gasteiger charge is -2.31. The fourth-order valence-electron chi connectivity index (χ4n) is 4.06. The van der Waals surface area contributed by atoms with Crippen LogP contribution in [0.3, 0.4) is 0 Å². The molecule has 0 fully saturated rings. The molecule has 3 N–H and O–H groups in total. The van der Waals surface area contributed by atoms with Crippen LogP contribution in [-0.4, -0.2) is 40.8 Å². The Balaban J connectivity index is 1.93. The first-order valence-corrected chi connectivity index (χ1v) is 10.9. The maximum absolute atomic E-state index is 13.1. The average molecular weight is 438 g/mol. The first-order chi connectivity index (χ1) is 15.4. The van der Waals surface area contributed by atoms with Gasteiger partial charge in [-0.25, -0.2) is 4.79 Å². The number of H-pyrrole nitrogens is 1. The smallest absolute Gasteiger partial charge is 0.322 e. The molecule has 0 aliphatic rings. The van der Waals surface area contributed by atoms with E-state index in [1.54, 1.807) is 24.3 Å². The van der Waals surface area contributed by atoms with Gasteiger partial charge in [-0.3, -0.25) is 4.79 Å². The van der Waals surface area contributed by atoms with Crippen molar-refractivity contribution in [3.05, 3.63) is 69.5 Å². The Labute approximate surface area is 188 Å². The number of aryl methyl sites for hydroxylation is 2. The van der Waals surface area contributed by atoms with Gasteiger partial charge in [0.15, 0.2) is 0 Å². The van der Waals surface area contributed by atoms with Crippen LogP contribution in [0.15, 0.2) is 47.3 Å². The second-order valence-electron chi connectivity index (χ2n) is 7.83. The third-order valence-corrected chi connectivity index (χ3v) is 5.46. The number of urea groups is 1. The lowest BCUT2D eigenvalue weighted by molar-refractivity contribution is 0.160.